The summed E-state index contributed by atoms with van der Waals surface area (Å²) >= 11 is 6.08. The number of benzene rings is 3. The molecule has 3 aromatic carbocycles. The average Bonchev–Trinajstić information content (AvgIpc) is 3.46. The van der Waals surface area contributed by atoms with Gasteiger partial charge in [0.2, 0.25) is 11.8 Å². The van der Waals surface area contributed by atoms with Gasteiger partial charge in [-0.15, -0.1) is 0 Å². The topological polar surface area (TPSA) is 86.8 Å². The fraction of sp³-hybridized carbons (Fsp3) is 0.355. The van der Waals surface area contributed by atoms with E-state index in [9.17, 15) is 18.0 Å². The molecule has 1 aliphatic carbocycles. The molecule has 0 aliphatic heterocycles. The highest BCUT2D eigenvalue weighted by molar-refractivity contribution is 7.92. The van der Waals surface area contributed by atoms with Crippen LogP contribution in [0.4, 0.5) is 5.69 Å². The predicted molar refractivity (Wildman–Crippen MR) is 159 cm³/mol. The summed E-state index contributed by atoms with van der Waals surface area (Å²) in [6.07, 6.45) is 4.38. The smallest absolute Gasteiger partial charge is 0.264 e. The van der Waals surface area contributed by atoms with Crippen molar-refractivity contribution in [1.29, 1.82) is 0 Å². The molecule has 0 heterocycles. The predicted octanol–water partition coefficient (Wildman–Crippen LogP) is 5.71. The normalized spacial score (nSPS) is 14.5. The molecule has 2 amide bonds. The second kappa shape index (κ2) is 13.3. The molecule has 1 N–H and O–H groups in total. The number of sulfonamides is 1. The highest BCUT2D eigenvalue weighted by Gasteiger charge is 2.34. The Kier molecular flexibility index (Phi) is 9.87. The number of nitrogens with one attached hydrogen (secondary N) is 1. The second-order valence-corrected chi connectivity index (χ2v) is 12.5. The van der Waals surface area contributed by atoms with E-state index < -0.39 is 28.5 Å². The molecule has 0 aromatic heterocycles. The zero-order valence-electron chi connectivity index (χ0n) is 22.9. The maximum atomic E-state index is 14.1. The lowest BCUT2D eigenvalue weighted by atomic mass is 10.1. The lowest BCUT2D eigenvalue weighted by molar-refractivity contribution is -0.140. The van der Waals surface area contributed by atoms with Crippen LogP contribution in [-0.4, -0.2) is 43.8 Å². The molecule has 1 saturated carbocycles. The molecule has 1 fully saturated rings. The number of anilines is 1. The molecule has 7 nitrogen and oxygen atoms in total. The summed E-state index contributed by atoms with van der Waals surface area (Å²) in [6.45, 7) is 3.55. The van der Waals surface area contributed by atoms with Gasteiger partial charge in [-0.25, -0.2) is 8.42 Å². The van der Waals surface area contributed by atoms with Crippen LogP contribution in [0, 0.1) is 6.92 Å². The largest absolute Gasteiger partial charge is 0.352 e. The van der Waals surface area contributed by atoms with Crippen molar-refractivity contribution in [3.8, 4) is 0 Å². The van der Waals surface area contributed by atoms with E-state index >= 15 is 0 Å². The zero-order valence-corrected chi connectivity index (χ0v) is 24.5. The average molecular weight is 582 g/mol. The number of hydrogen-bond acceptors (Lipinski definition) is 4. The molecule has 4 rings (SSSR count). The molecule has 0 unspecified atom stereocenters. The van der Waals surface area contributed by atoms with Gasteiger partial charge in [-0.1, -0.05) is 79.4 Å². The third-order valence-corrected chi connectivity index (χ3v) is 9.33. The highest BCUT2D eigenvalue weighted by Crippen LogP contribution is 2.26. The fourth-order valence-electron chi connectivity index (χ4n) is 5.03. The molecule has 40 heavy (non-hydrogen) atoms. The number of carbonyl (C=O) groups excluding carboxylic acids is 2. The first-order valence-electron chi connectivity index (χ1n) is 13.7. The standard InChI is InChI=1S/C31H36ClN3O4S/c1-3-29(31(37)33-26-9-7-8-10-26)34(21-24-15-13-23(2)14-16-24)30(36)22-35(27-19-17-25(32)18-20-27)40(38,39)28-11-5-4-6-12-28/h4-6,11-20,26,29H,3,7-10,21-22H2,1-2H3,(H,33,37)/t29-/m1/s1. The van der Waals surface area contributed by atoms with E-state index in [1.165, 1.54) is 17.0 Å². The number of hydrogen-bond donors (Lipinski definition) is 1. The Bertz CT molecular complexity index is 1390. The monoisotopic (exact) mass is 581 g/mol. The lowest BCUT2D eigenvalue weighted by Crippen LogP contribution is -2.53. The Morgan fingerprint density at radius 1 is 0.950 bits per heavy atom. The zero-order chi connectivity index (χ0) is 28.7. The van der Waals surface area contributed by atoms with E-state index in [2.05, 4.69) is 5.32 Å². The minimum atomic E-state index is -4.10. The van der Waals surface area contributed by atoms with E-state index in [0.717, 1.165) is 41.1 Å². The van der Waals surface area contributed by atoms with Crippen molar-refractivity contribution in [2.24, 2.45) is 0 Å². The van der Waals surface area contributed by atoms with Crippen molar-refractivity contribution in [3.05, 3.63) is 95.0 Å². The van der Waals surface area contributed by atoms with Gasteiger partial charge in [0.05, 0.1) is 10.6 Å². The third-order valence-electron chi connectivity index (χ3n) is 7.29. The highest BCUT2D eigenvalue weighted by atomic mass is 35.5. The Morgan fingerprint density at radius 2 is 1.57 bits per heavy atom. The van der Waals surface area contributed by atoms with Crippen molar-refractivity contribution in [1.82, 2.24) is 10.2 Å². The van der Waals surface area contributed by atoms with Crippen LogP contribution < -0.4 is 9.62 Å². The van der Waals surface area contributed by atoms with Gasteiger partial charge in [-0.2, -0.15) is 0 Å². The lowest BCUT2D eigenvalue weighted by Gasteiger charge is -2.33. The van der Waals surface area contributed by atoms with E-state index in [-0.39, 0.29) is 23.4 Å². The van der Waals surface area contributed by atoms with Gasteiger partial charge >= 0.3 is 0 Å². The quantitative estimate of drug-likeness (QED) is 0.314. The summed E-state index contributed by atoms with van der Waals surface area (Å²) in [5, 5.41) is 3.58. The maximum Gasteiger partial charge on any atom is 0.264 e. The molecular weight excluding hydrogens is 546 g/mol. The van der Waals surface area contributed by atoms with Crippen LogP contribution in [0.15, 0.2) is 83.8 Å². The van der Waals surface area contributed by atoms with Gasteiger partial charge in [0.25, 0.3) is 10.0 Å². The van der Waals surface area contributed by atoms with E-state index in [1.54, 1.807) is 42.5 Å². The minimum Gasteiger partial charge on any atom is -0.352 e. The van der Waals surface area contributed by atoms with Crippen molar-refractivity contribution >= 4 is 39.1 Å². The third kappa shape index (κ3) is 7.23. The van der Waals surface area contributed by atoms with Gasteiger partial charge in [0, 0.05) is 17.6 Å². The summed E-state index contributed by atoms with van der Waals surface area (Å²) in [6, 6.07) is 21.4. The second-order valence-electron chi connectivity index (χ2n) is 10.2. The van der Waals surface area contributed by atoms with Crippen LogP contribution in [0.25, 0.3) is 0 Å². The van der Waals surface area contributed by atoms with E-state index in [4.69, 9.17) is 11.6 Å². The molecule has 1 aliphatic rings. The summed E-state index contributed by atoms with van der Waals surface area (Å²) in [5.74, 6) is -0.678. The number of rotatable bonds is 11. The summed E-state index contributed by atoms with van der Waals surface area (Å²) in [4.78, 5) is 29.2. The molecule has 9 heteroatoms. The van der Waals surface area contributed by atoms with Crippen LogP contribution in [0.5, 0.6) is 0 Å². The van der Waals surface area contributed by atoms with E-state index in [1.807, 2.05) is 38.1 Å². The Balaban J connectivity index is 1.69. The van der Waals surface area contributed by atoms with Gasteiger partial charge in [-0.05, 0) is 68.1 Å². The molecule has 0 spiro atoms. The van der Waals surface area contributed by atoms with Gasteiger partial charge < -0.3 is 10.2 Å². The Morgan fingerprint density at radius 3 is 2.17 bits per heavy atom. The van der Waals surface area contributed by atoms with Gasteiger partial charge in [0.1, 0.15) is 12.6 Å². The van der Waals surface area contributed by atoms with E-state index in [0.29, 0.717) is 17.1 Å². The molecular formula is C31H36ClN3O4S. The van der Waals surface area contributed by atoms with Crippen LogP contribution in [-0.2, 0) is 26.2 Å². The molecule has 0 saturated heterocycles. The molecule has 0 bridgehead atoms. The SMILES string of the molecule is CC[C@H](C(=O)NC1CCCC1)N(Cc1ccc(C)cc1)C(=O)CN(c1ccc(Cl)cc1)S(=O)(=O)c1ccccc1. The van der Waals surface area contributed by atoms with Crippen LogP contribution in [0.3, 0.4) is 0 Å². The number of carbonyl (C=O) groups is 2. The van der Waals surface area contributed by atoms with Crippen LogP contribution in [0.2, 0.25) is 5.02 Å². The van der Waals surface area contributed by atoms with Crippen molar-refractivity contribution in [2.75, 3.05) is 10.8 Å². The van der Waals surface area contributed by atoms with Crippen molar-refractivity contribution in [2.45, 2.75) is 69.5 Å². The Labute approximate surface area is 242 Å². The molecule has 212 valence electrons. The van der Waals surface area contributed by atoms with Crippen LogP contribution in [0.1, 0.15) is 50.2 Å². The van der Waals surface area contributed by atoms with Gasteiger partial charge in [-0.3, -0.25) is 13.9 Å². The Hall–Kier alpha value is -3.36. The van der Waals surface area contributed by atoms with Crippen LogP contribution >= 0.6 is 11.6 Å². The summed E-state index contributed by atoms with van der Waals surface area (Å²) < 4.78 is 28.7. The first-order chi connectivity index (χ1) is 19.2. The van der Waals surface area contributed by atoms with Crippen molar-refractivity contribution < 1.29 is 18.0 Å². The molecule has 1 atom stereocenters. The first kappa shape index (κ1) is 29.6. The maximum absolute atomic E-state index is 14.1. The number of amides is 2. The minimum absolute atomic E-state index is 0.0638. The fourth-order valence-corrected chi connectivity index (χ4v) is 6.59. The van der Waals surface area contributed by atoms with Crippen molar-refractivity contribution in [3.63, 3.8) is 0 Å². The number of halogens is 1. The molecule has 0 radical (unpaired) electrons. The number of nitrogens with zero attached hydrogens (tertiary/aromatic N) is 2. The molecule has 3 aromatic rings. The summed E-state index contributed by atoms with van der Waals surface area (Å²) in [7, 11) is -4.10. The van der Waals surface area contributed by atoms with Gasteiger partial charge in [0.15, 0.2) is 0 Å². The first-order valence-corrected chi connectivity index (χ1v) is 15.5. The number of aryl methyl sites for hydroxylation is 1. The summed E-state index contributed by atoms with van der Waals surface area (Å²) in [5.41, 5.74) is 2.24.